The van der Waals surface area contributed by atoms with Gasteiger partial charge in [-0.15, -0.1) is 0 Å². The number of esters is 1. The molecule has 10 heteroatoms. The number of rotatable bonds is 8. The minimum atomic E-state index is -0.777. The molecule has 0 aliphatic carbocycles. The Morgan fingerprint density at radius 1 is 1.00 bits per heavy atom. The highest BCUT2D eigenvalue weighted by molar-refractivity contribution is 7.07. The third-order valence-electron chi connectivity index (χ3n) is 5.97. The molecule has 0 fully saturated rings. The summed E-state index contributed by atoms with van der Waals surface area (Å²) in [5, 5.41) is 0. The standard InChI is InChI=1S/C27H28N2O7S/c1-7-36-26(31)23-15(2)28-27-29(24(23)17-10-8-9-11-18(17)32-3)25(30)22(37-27)13-16-12-20(34-5)21(35-6)14-19(16)33-4/h8-14,24H,7H2,1-6H3. The number of hydrogen-bond acceptors (Lipinski definition) is 9. The number of benzene rings is 2. The number of methoxy groups -OCH3 is 4. The van der Waals surface area contributed by atoms with Gasteiger partial charge in [-0.1, -0.05) is 29.5 Å². The molecule has 1 aliphatic heterocycles. The molecular formula is C27H28N2O7S. The van der Waals surface area contributed by atoms with Gasteiger partial charge in [-0.3, -0.25) is 9.36 Å². The van der Waals surface area contributed by atoms with Gasteiger partial charge in [0.05, 0.1) is 50.8 Å². The van der Waals surface area contributed by atoms with Gasteiger partial charge in [0.1, 0.15) is 17.5 Å². The van der Waals surface area contributed by atoms with Crippen LogP contribution in [0.15, 0.2) is 57.5 Å². The van der Waals surface area contributed by atoms with Crippen molar-refractivity contribution in [2.45, 2.75) is 19.9 Å². The molecule has 4 rings (SSSR count). The zero-order chi connectivity index (χ0) is 26.7. The molecule has 1 aliphatic rings. The summed E-state index contributed by atoms with van der Waals surface area (Å²) in [7, 11) is 6.16. The summed E-state index contributed by atoms with van der Waals surface area (Å²) >= 11 is 1.22. The van der Waals surface area contributed by atoms with Gasteiger partial charge >= 0.3 is 5.97 Å². The van der Waals surface area contributed by atoms with Gasteiger partial charge in [-0.25, -0.2) is 9.79 Å². The molecule has 1 aromatic heterocycles. The summed E-state index contributed by atoms with van der Waals surface area (Å²) in [5.74, 6) is 1.52. The largest absolute Gasteiger partial charge is 0.496 e. The molecule has 37 heavy (non-hydrogen) atoms. The van der Waals surface area contributed by atoms with Crippen LogP contribution in [0.2, 0.25) is 0 Å². The van der Waals surface area contributed by atoms with E-state index in [0.29, 0.717) is 49.2 Å². The summed E-state index contributed by atoms with van der Waals surface area (Å²) in [6, 6.07) is 9.94. The Hall–Kier alpha value is -4.05. The molecule has 2 aromatic carbocycles. The second kappa shape index (κ2) is 10.9. The van der Waals surface area contributed by atoms with Crippen molar-refractivity contribution >= 4 is 23.4 Å². The van der Waals surface area contributed by atoms with Crippen molar-refractivity contribution in [3.8, 4) is 23.0 Å². The molecule has 0 saturated carbocycles. The number of aromatic nitrogens is 1. The predicted molar refractivity (Wildman–Crippen MR) is 139 cm³/mol. The number of carbonyl (C=O) groups excluding carboxylic acids is 1. The van der Waals surface area contributed by atoms with E-state index in [4.69, 9.17) is 23.7 Å². The normalized spacial score (nSPS) is 15.1. The summed E-state index contributed by atoms with van der Waals surface area (Å²) in [6.45, 7) is 3.67. The summed E-state index contributed by atoms with van der Waals surface area (Å²) in [5.41, 5.74) is 1.73. The Kier molecular flexibility index (Phi) is 7.68. The van der Waals surface area contributed by atoms with E-state index < -0.39 is 12.0 Å². The molecule has 0 saturated heterocycles. The van der Waals surface area contributed by atoms with E-state index in [1.54, 1.807) is 45.2 Å². The molecule has 194 valence electrons. The number of nitrogens with zero attached hydrogens (tertiary/aromatic N) is 2. The quantitative estimate of drug-likeness (QED) is 0.418. The monoisotopic (exact) mass is 524 g/mol. The van der Waals surface area contributed by atoms with Crippen molar-refractivity contribution in [1.82, 2.24) is 4.57 Å². The van der Waals surface area contributed by atoms with Crippen LogP contribution in [0.4, 0.5) is 0 Å². The maximum absolute atomic E-state index is 13.9. The van der Waals surface area contributed by atoms with Gasteiger partial charge in [0.2, 0.25) is 0 Å². The molecule has 3 aromatic rings. The van der Waals surface area contributed by atoms with Crippen LogP contribution in [0.3, 0.4) is 0 Å². The number of fused-ring (bicyclic) bond motifs is 1. The second-order valence-electron chi connectivity index (χ2n) is 7.99. The van der Waals surface area contributed by atoms with Crippen LogP contribution < -0.4 is 33.8 Å². The molecule has 2 heterocycles. The fourth-order valence-electron chi connectivity index (χ4n) is 4.28. The molecular weight excluding hydrogens is 496 g/mol. The van der Waals surface area contributed by atoms with E-state index in [9.17, 15) is 9.59 Å². The number of para-hydroxylation sites is 1. The minimum absolute atomic E-state index is 0.192. The molecule has 0 spiro atoms. The third-order valence-corrected chi connectivity index (χ3v) is 6.96. The Morgan fingerprint density at radius 3 is 2.30 bits per heavy atom. The lowest BCUT2D eigenvalue weighted by molar-refractivity contribution is -0.139. The molecule has 1 atom stereocenters. The Labute approximate surface area is 217 Å². The third kappa shape index (κ3) is 4.72. The minimum Gasteiger partial charge on any atom is -0.496 e. The van der Waals surface area contributed by atoms with Crippen molar-refractivity contribution in [3.05, 3.63) is 78.5 Å². The Balaban J connectivity index is 2.00. The first-order chi connectivity index (χ1) is 17.9. The lowest BCUT2D eigenvalue weighted by atomic mass is 9.95. The molecule has 9 nitrogen and oxygen atoms in total. The van der Waals surface area contributed by atoms with Crippen molar-refractivity contribution in [3.63, 3.8) is 0 Å². The molecule has 0 N–H and O–H groups in total. The topological polar surface area (TPSA) is 97.6 Å². The molecule has 1 unspecified atom stereocenters. The van der Waals surface area contributed by atoms with E-state index in [2.05, 4.69) is 4.99 Å². The summed E-state index contributed by atoms with van der Waals surface area (Å²) in [4.78, 5) is 32.0. The van der Waals surface area contributed by atoms with Gasteiger partial charge in [-0.05, 0) is 32.1 Å². The van der Waals surface area contributed by atoms with Gasteiger partial charge in [0, 0.05) is 17.2 Å². The molecule has 0 radical (unpaired) electrons. The number of carbonyl (C=O) groups is 1. The maximum atomic E-state index is 13.9. The van der Waals surface area contributed by atoms with Crippen molar-refractivity contribution in [1.29, 1.82) is 0 Å². The maximum Gasteiger partial charge on any atom is 0.338 e. The first-order valence-corrected chi connectivity index (χ1v) is 12.3. The van der Waals surface area contributed by atoms with E-state index in [1.807, 2.05) is 18.2 Å². The summed E-state index contributed by atoms with van der Waals surface area (Å²) < 4.78 is 29.2. The fraction of sp³-hybridized carbons (Fsp3) is 0.296. The predicted octanol–water partition coefficient (Wildman–Crippen LogP) is 2.83. The number of hydrogen-bond donors (Lipinski definition) is 0. The van der Waals surface area contributed by atoms with Crippen molar-refractivity contribution in [2.75, 3.05) is 35.0 Å². The van der Waals surface area contributed by atoms with E-state index in [1.165, 1.54) is 37.2 Å². The van der Waals surface area contributed by atoms with Crippen LogP contribution in [0, 0.1) is 0 Å². The molecule has 0 amide bonds. The Morgan fingerprint density at radius 2 is 1.65 bits per heavy atom. The van der Waals surface area contributed by atoms with Crippen LogP contribution in [0.5, 0.6) is 23.0 Å². The first-order valence-electron chi connectivity index (χ1n) is 11.5. The van der Waals surface area contributed by atoms with Crippen molar-refractivity contribution in [2.24, 2.45) is 4.99 Å². The average Bonchev–Trinajstić information content (AvgIpc) is 3.21. The average molecular weight is 525 g/mol. The zero-order valence-corrected chi connectivity index (χ0v) is 22.3. The first kappa shape index (κ1) is 26.0. The van der Waals surface area contributed by atoms with Gasteiger partial charge in [0.15, 0.2) is 16.3 Å². The van der Waals surface area contributed by atoms with E-state index in [-0.39, 0.29) is 17.7 Å². The number of allylic oxidation sites excluding steroid dienone is 1. The van der Waals surface area contributed by atoms with Gasteiger partial charge in [0.25, 0.3) is 5.56 Å². The highest BCUT2D eigenvalue weighted by atomic mass is 32.1. The highest BCUT2D eigenvalue weighted by Gasteiger charge is 2.35. The van der Waals surface area contributed by atoms with Crippen LogP contribution >= 0.6 is 11.3 Å². The molecule has 0 bridgehead atoms. The second-order valence-corrected chi connectivity index (χ2v) is 9.00. The lowest BCUT2D eigenvalue weighted by Crippen LogP contribution is -2.40. The lowest BCUT2D eigenvalue weighted by Gasteiger charge is -2.25. The Bertz CT molecular complexity index is 1550. The smallest absolute Gasteiger partial charge is 0.338 e. The van der Waals surface area contributed by atoms with Crippen LogP contribution in [-0.2, 0) is 9.53 Å². The number of thiazole rings is 1. The van der Waals surface area contributed by atoms with Gasteiger partial charge < -0.3 is 23.7 Å². The van der Waals surface area contributed by atoms with Crippen LogP contribution in [0.1, 0.15) is 31.0 Å². The van der Waals surface area contributed by atoms with Crippen LogP contribution in [-0.4, -0.2) is 45.6 Å². The fourth-order valence-corrected chi connectivity index (χ4v) is 5.32. The van der Waals surface area contributed by atoms with E-state index >= 15 is 0 Å². The van der Waals surface area contributed by atoms with Crippen LogP contribution in [0.25, 0.3) is 6.08 Å². The SMILES string of the molecule is CCOC(=O)C1=C(C)N=c2sc(=Cc3cc(OC)c(OC)cc3OC)c(=O)n2C1c1ccccc1OC. The number of ether oxygens (including phenoxy) is 5. The van der Waals surface area contributed by atoms with Gasteiger partial charge in [-0.2, -0.15) is 0 Å². The highest BCUT2D eigenvalue weighted by Crippen LogP contribution is 2.36. The summed E-state index contributed by atoms with van der Waals surface area (Å²) in [6.07, 6.45) is 1.72. The zero-order valence-electron chi connectivity index (χ0n) is 21.5. The van der Waals surface area contributed by atoms with Crippen molar-refractivity contribution < 1.29 is 28.5 Å². The van der Waals surface area contributed by atoms with E-state index in [0.717, 1.165) is 0 Å².